The standard InChI is InChI=1S/C54H72N4O7/c1-9-12-13-14-15-16-17-18-19-20-21-22-23-24-25-26-47(60)65-32-39-37(11-3)44-30-42-35(6)48-52(58-42)49(50(53(48)61)54(62)64-8)51-38(27-28-46(59)63-7)34(5)41(57-51)29-40-33(4)36(10-2)43(55-40)31-45(39)56-44/h10,29-31,34,38,50,57,61H,2,9,11-28,32H2,1,3-8H3/t34-,38-,50+/m0/s1. The molecule has 0 saturated carbocycles. The number of esters is 3. The minimum absolute atomic E-state index is 0.0668. The first kappa shape index (κ1) is 49.1. The predicted molar refractivity (Wildman–Crippen MR) is 259 cm³/mol. The quantitative estimate of drug-likeness (QED) is 0.0553. The summed E-state index contributed by atoms with van der Waals surface area (Å²) in [6.07, 6.45) is 28.2. The first-order valence-electron chi connectivity index (χ1n) is 24.4. The Morgan fingerprint density at radius 1 is 0.754 bits per heavy atom. The van der Waals surface area contributed by atoms with Crippen molar-refractivity contribution in [3.63, 3.8) is 0 Å². The normalized spacial score (nSPS) is 21.1. The van der Waals surface area contributed by atoms with E-state index in [9.17, 15) is 19.5 Å². The third-order valence-corrected chi connectivity index (χ3v) is 13.9. The van der Waals surface area contributed by atoms with Gasteiger partial charge in [0.15, 0.2) is 0 Å². The second-order valence-electron chi connectivity index (χ2n) is 18.2. The highest BCUT2D eigenvalue weighted by Crippen LogP contribution is 2.49. The average molecular weight is 889 g/mol. The minimum Gasteiger partial charge on any atom is -0.510 e. The molecular formula is C54H72N4O7. The lowest BCUT2D eigenvalue weighted by Gasteiger charge is -2.20. The van der Waals surface area contributed by atoms with Crippen molar-refractivity contribution in [2.75, 3.05) is 20.8 Å². The first-order valence-corrected chi connectivity index (χ1v) is 24.4. The van der Waals surface area contributed by atoms with Crippen molar-refractivity contribution >= 4 is 35.0 Å². The van der Waals surface area contributed by atoms with Crippen LogP contribution in [-0.2, 0) is 28.6 Å². The summed E-state index contributed by atoms with van der Waals surface area (Å²) >= 11 is 0. The van der Waals surface area contributed by atoms with Gasteiger partial charge in [0.2, 0.25) is 0 Å². The number of hydrogen-bond acceptors (Lipinski definition) is 11. The molecule has 6 rings (SSSR count). The third-order valence-electron chi connectivity index (χ3n) is 13.9. The number of fused-ring (bicyclic) bond motifs is 5. The summed E-state index contributed by atoms with van der Waals surface area (Å²) in [6.45, 7) is 14.5. The minimum atomic E-state index is -1.11. The van der Waals surface area contributed by atoms with Gasteiger partial charge in [-0.3, -0.25) is 14.4 Å². The molecular weight excluding hydrogens is 817 g/mol. The SMILES string of the molecule is C=CC1=C(C)C2=NC1=CC1=NC(=CC3=C(C)C4=C(O)[C@H](C(=O)OC)C(=C5NC(=C2)[C@@H](C)[C@@H]5CCC(=O)OC)C4=N3)C(CC)=C1COC(=O)CCCCCCCCCCCCCCCCC. The molecule has 2 N–H and O–H groups in total. The molecule has 350 valence electrons. The summed E-state index contributed by atoms with van der Waals surface area (Å²) in [4.78, 5) is 54.7. The van der Waals surface area contributed by atoms with E-state index in [0.29, 0.717) is 70.2 Å². The van der Waals surface area contributed by atoms with E-state index in [1.165, 1.54) is 91.3 Å². The number of carbonyl (C=O) groups is 3. The van der Waals surface area contributed by atoms with Crippen molar-refractivity contribution in [2.45, 2.75) is 157 Å². The molecule has 1 aliphatic carbocycles. The highest BCUT2D eigenvalue weighted by Gasteiger charge is 2.49. The van der Waals surface area contributed by atoms with Gasteiger partial charge in [0, 0.05) is 58.4 Å². The highest BCUT2D eigenvalue weighted by molar-refractivity contribution is 6.24. The Bertz CT molecular complexity index is 2250. The largest absolute Gasteiger partial charge is 0.510 e. The number of rotatable bonds is 24. The molecule has 1 saturated heterocycles. The van der Waals surface area contributed by atoms with E-state index < -0.39 is 11.9 Å². The van der Waals surface area contributed by atoms with Crippen LogP contribution in [0.25, 0.3) is 0 Å². The molecule has 8 bridgehead atoms. The molecule has 0 aromatic heterocycles. The lowest BCUT2D eigenvalue weighted by molar-refractivity contribution is -0.144. The zero-order valence-corrected chi connectivity index (χ0v) is 40.1. The topological polar surface area (TPSA) is 148 Å². The smallest absolute Gasteiger partial charge is 0.321 e. The van der Waals surface area contributed by atoms with Crippen LogP contribution in [0.15, 0.2) is 119 Å². The van der Waals surface area contributed by atoms with Crippen LogP contribution in [0.5, 0.6) is 0 Å². The van der Waals surface area contributed by atoms with Gasteiger partial charge < -0.3 is 24.6 Å². The third kappa shape index (κ3) is 11.2. The Kier molecular flexibility index (Phi) is 17.6. The molecule has 6 aliphatic rings. The number of ether oxygens (including phenoxy) is 3. The lowest BCUT2D eigenvalue weighted by atomic mass is 9.84. The summed E-state index contributed by atoms with van der Waals surface area (Å²) < 4.78 is 16.3. The lowest BCUT2D eigenvalue weighted by Crippen LogP contribution is -2.25. The van der Waals surface area contributed by atoms with Crippen LogP contribution in [0.3, 0.4) is 0 Å². The fourth-order valence-corrected chi connectivity index (χ4v) is 10.0. The van der Waals surface area contributed by atoms with Gasteiger partial charge >= 0.3 is 17.9 Å². The van der Waals surface area contributed by atoms with Gasteiger partial charge in [-0.2, -0.15) is 0 Å². The Morgan fingerprint density at radius 3 is 1.98 bits per heavy atom. The maximum Gasteiger partial charge on any atom is 0.321 e. The maximum atomic E-state index is 13.6. The number of unbranched alkanes of at least 4 members (excludes halogenated alkanes) is 14. The first-order chi connectivity index (χ1) is 31.5. The zero-order chi connectivity index (χ0) is 46.6. The van der Waals surface area contributed by atoms with Crippen LogP contribution >= 0.6 is 0 Å². The second-order valence-corrected chi connectivity index (χ2v) is 18.2. The summed E-state index contributed by atoms with van der Waals surface area (Å²) in [5, 5.41) is 15.5. The van der Waals surface area contributed by atoms with E-state index in [1.807, 2.05) is 32.1 Å². The Balaban J connectivity index is 1.24. The van der Waals surface area contributed by atoms with E-state index in [1.54, 1.807) is 6.08 Å². The van der Waals surface area contributed by atoms with Crippen LogP contribution in [0.1, 0.15) is 157 Å². The summed E-state index contributed by atoms with van der Waals surface area (Å²) in [5.74, 6) is -2.81. The van der Waals surface area contributed by atoms with Crippen molar-refractivity contribution in [2.24, 2.45) is 32.7 Å². The molecule has 65 heavy (non-hydrogen) atoms. The number of allylic oxidation sites excluding steroid dienone is 10. The number of carbonyl (C=O) groups excluding carboxylic acids is 3. The fraction of sp³-hybridized carbons (Fsp3) is 0.556. The average Bonchev–Trinajstić information content (AvgIpc) is 4.06. The van der Waals surface area contributed by atoms with E-state index in [-0.39, 0.29) is 42.6 Å². The van der Waals surface area contributed by atoms with Crippen molar-refractivity contribution in [3.8, 4) is 0 Å². The number of methoxy groups -OCH3 is 2. The van der Waals surface area contributed by atoms with Crippen LogP contribution in [0.4, 0.5) is 0 Å². The van der Waals surface area contributed by atoms with E-state index in [4.69, 9.17) is 29.2 Å². The molecule has 5 aliphatic heterocycles. The number of nitrogens with zero attached hydrogens (tertiary/aromatic N) is 3. The molecule has 5 heterocycles. The summed E-state index contributed by atoms with van der Waals surface area (Å²) in [7, 11) is 2.68. The predicted octanol–water partition coefficient (Wildman–Crippen LogP) is 12.0. The molecule has 0 aromatic carbocycles. The van der Waals surface area contributed by atoms with Gasteiger partial charge in [0.25, 0.3) is 0 Å². The molecule has 0 aromatic rings. The van der Waals surface area contributed by atoms with Gasteiger partial charge in [0.1, 0.15) is 18.3 Å². The number of aliphatic hydroxyl groups is 1. The van der Waals surface area contributed by atoms with Gasteiger partial charge in [0.05, 0.1) is 48.4 Å². The van der Waals surface area contributed by atoms with Crippen LogP contribution in [0.2, 0.25) is 0 Å². The monoisotopic (exact) mass is 889 g/mol. The van der Waals surface area contributed by atoms with E-state index >= 15 is 0 Å². The Morgan fingerprint density at radius 2 is 1.38 bits per heavy atom. The van der Waals surface area contributed by atoms with Gasteiger partial charge in [-0.1, -0.05) is 123 Å². The summed E-state index contributed by atoms with van der Waals surface area (Å²) in [6, 6.07) is 0. The van der Waals surface area contributed by atoms with Gasteiger partial charge in [-0.25, -0.2) is 15.0 Å². The maximum absolute atomic E-state index is 13.6. The molecule has 11 heteroatoms. The van der Waals surface area contributed by atoms with Crippen LogP contribution in [0, 0.1) is 17.8 Å². The molecule has 1 fully saturated rings. The van der Waals surface area contributed by atoms with Gasteiger partial charge in [-0.05, 0) is 68.1 Å². The van der Waals surface area contributed by atoms with Crippen LogP contribution < -0.4 is 5.32 Å². The van der Waals surface area contributed by atoms with Crippen LogP contribution in [-0.4, -0.2) is 61.0 Å². The molecule has 11 nitrogen and oxygen atoms in total. The Labute approximate surface area is 387 Å². The number of nitrogens with one attached hydrogen (secondary N) is 1. The molecule has 0 amide bonds. The van der Waals surface area contributed by atoms with Crippen molar-refractivity contribution in [1.29, 1.82) is 0 Å². The second kappa shape index (κ2) is 23.2. The number of aliphatic imine (C=N–C) groups is 3. The van der Waals surface area contributed by atoms with E-state index in [0.717, 1.165) is 53.0 Å². The van der Waals surface area contributed by atoms with E-state index in [2.05, 4.69) is 32.7 Å². The van der Waals surface area contributed by atoms with Gasteiger partial charge in [-0.15, -0.1) is 0 Å². The molecule has 0 unspecified atom stereocenters. The van der Waals surface area contributed by atoms with Crippen molar-refractivity contribution < 1.29 is 33.7 Å². The van der Waals surface area contributed by atoms with Crippen molar-refractivity contribution in [3.05, 3.63) is 104 Å². The zero-order valence-electron chi connectivity index (χ0n) is 40.1. The number of hydrogen-bond donors (Lipinski definition) is 2. The molecule has 0 spiro atoms. The summed E-state index contributed by atoms with van der Waals surface area (Å²) in [5.41, 5.74) is 10.6. The highest BCUT2D eigenvalue weighted by atomic mass is 16.5. The molecule has 0 radical (unpaired) electrons. The Hall–Kier alpha value is -5.32. The molecule has 3 atom stereocenters. The van der Waals surface area contributed by atoms with Crippen molar-refractivity contribution in [1.82, 2.24) is 5.32 Å². The number of aliphatic hydroxyl groups excluding tert-OH is 1. The fourth-order valence-electron chi connectivity index (χ4n) is 10.0.